The third-order valence-corrected chi connectivity index (χ3v) is 4.63. The molecule has 1 aliphatic rings. The summed E-state index contributed by atoms with van der Waals surface area (Å²) in [4.78, 5) is 26.5. The second-order valence-electron chi connectivity index (χ2n) is 6.33. The van der Waals surface area contributed by atoms with E-state index in [1.807, 2.05) is 38.1 Å². The molecule has 0 aliphatic carbocycles. The van der Waals surface area contributed by atoms with Gasteiger partial charge in [-0.3, -0.25) is 14.5 Å². The van der Waals surface area contributed by atoms with Crippen LogP contribution in [0, 0.1) is 5.92 Å². The van der Waals surface area contributed by atoms with E-state index in [-0.39, 0.29) is 23.8 Å². The number of ether oxygens (including phenoxy) is 2. The highest BCUT2D eigenvalue weighted by atomic mass is 16.5. The van der Waals surface area contributed by atoms with Crippen LogP contribution in [0.3, 0.4) is 0 Å². The van der Waals surface area contributed by atoms with Crippen molar-refractivity contribution in [2.75, 3.05) is 26.8 Å². The van der Waals surface area contributed by atoms with Gasteiger partial charge in [0, 0.05) is 13.1 Å². The fraction of sp³-hybridized carbons (Fsp3) is 0.579. The summed E-state index contributed by atoms with van der Waals surface area (Å²) in [7, 11) is 1.63. The van der Waals surface area contributed by atoms with Crippen molar-refractivity contribution in [1.82, 2.24) is 10.2 Å². The normalized spacial score (nSPS) is 19.1. The van der Waals surface area contributed by atoms with Crippen LogP contribution in [0.5, 0.6) is 5.75 Å². The molecule has 0 spiro atoms. The van der Waals surface area contributed by atoms with E-state index in [0.717, 1.165) is 30.7 Å². The van der Waals surface area contributed by atoms with Gasteiger partial charge in [-0.25, -0.2) is 0 Å². The SMILES string of the molecule is CCOC(=O)C1CCCN(C(C)C(=O)NCc2ccc(OC)cc2)C1. The van der Waals surface area contributed by atoms with Crippen LogP contribution in [0.15, 0.2) is 24.3 Å². The fourth-order valence-corrected chi connectivity index (χ4v) is 3.06. The van der Waals surface area contributed by atoms with Gasteiger partial charge in [0.05, 0.1) is 25.7 Å². The van der Waals surface area contributed by atoms with Gasteiger partial charge in [-0.2, -0.15) is 0 Å². The minimum Gasteiger partial charge on any atom is -0.497 e. The maximum atomic E-state index is 12.4. The smallest absolute Gasteiger partial charge is 0.310 e. The van der Waals surface area contributed by atoms with Gasteiger partial charge in [-0.1, -0.05) is 12.1 Å². The highest BCUT2D eigenvalue weighted by Gasteiger charge is 2.31. The van der Waals surface area contributed by atoms with E-state index in [1.165, 1.54) is 0 Å². The molecule has 6 heteroatoms. The molecule has 0 bridgehead atoms. The number of carbonyl (C=O) groups is 2. The van der Waals surface area contributed by atoms with Crippen LogP contribution in [-0.4, -0.2) is 49.6 Å². The lowest BCUT2D eigenvalue weighted by atomic mass is 9.97. The Kier molecular flexibility index (Phi) is 7.25. The predicted octanol–water partition coefficient (Wildman–Crippen LogP) is 1.97. The van der Waals surface area contributed by atoms with Crippen LogP contribution in [-0.2, 0) is 20.9 Å². The molecule has 1 fully saturated rings. The van der Waals surface area contributed by atoms with Crippen molar-refractivity contribution in [3.05, 3.63) is 29.8 Å². The Bertz CT molecular complexity index is 573. The number of piperidine rings is 1. The Morgan fingerprint density at radius 1 is 1.32 bits per heavy atom. The molecule has 1 saturated heterocycles. The standard InChI is InChI=1S/C19H28N2O4/c1-4-25-19(23)16-6-5-11-21(13-16)14(2)18(22)20-12-15-7-9-17(24-3)10-8-15/h7-10,14,16H,4-6,11-13H2,1-3H3,(H,20,22). The third-order valence-electron chi connectivity index (χ3n) is 4.63. The maximum absolute atomic E-state index is 12.4. The molecule has 1 aromatic carbocycles. The van der Waals surface area contributed by atoms with Crippen molar-refractivity contribution < 1.29 is 19.1 Å². The summed E-state index contributed by atoms with van der Waals surface area (Å²) in [5, 5.41) is 2.97. The van der Waals surface area contributed by atoms with Crippen LogP contribution in [0.1, 0.15) is 32.3 Å². The summed E-state index contributed by atoms with van der Waals surface area (Å²) in [6.45, 7) is 5.98. The van der Waals surface area contributed by atoms with E-state index >= 15 is 0 Å². The molecule has 2 atom stereocenters. The second-order valence-corrected chi connectivity index (χ2v) is 6.33. The number of nitrogens with zero attached hydrogens (tertiary/aromatic N) is 1. The summed E-state index contributed by atoms with van der Waals surface area (Å²) in [5.74, 6) is 0.477. The average molecular weight is 348 g/mol. The Balaban J connectivity index is 1.84. The van der Waals surface area contributed by atoms with Crippen molar-refractivity contribution in [3.8, 4) is 5.75 Å². The first-order valence-corrected chi connectivity index (χ1v) is 8.86. The van der Waals surface area contributed by atoms with E-state index in [4.69, 9.17) is 9.47 Å². The summed E-state index contributed by atoms with van der Waals surface area (Å²) in [5.41, 5.74) is 1.02. The molecular formula is C19H28N2O4. The molecule has 1 aromatic rings. The summed E-state index contributed by atoms with van der Waals surface area (Å²) < 4.78 is 10.2. The van der Waals surface area contributed by atoms with Gasteiger partial charge >= 0.3 is 5.97 Å². The predicted molar refractivity (Wildman–Crippen MR) is 95.2 cm³/mol. The summed E-state index contributed by atoms with van der Waals surface area (Å²) >= 11 is 0. The number of methoxy groups -OCH3 is 1. The Hall–Kier alpha value is -2.08. The second kappa shape index (κ2) is 9.42. The lowest BCUT2D eigenvalue weighted by Crippen LogP contribution is -2.50. The van der Waals surface area contributed by atoms with Crippen LogP contribution in [0.25, 0.3) is 0 Å². The highest BCUT2D eigenvalue weighted by molar-refractivity contribution is 5.81. The Morgan fingerprint density at radius 2 is 2.04 bits per heavy atom. The fourth-order valence-electron chi connectivity index (χ4n) is 3.06. The van der Waals surface area contributed by atoms with Crippen LogP contribution >= 0.6 is 0 Å². The number of rotatable bonds is 7. The van der Waals surface area contributed by atoms with Gasteiger partial charge in [0.25, 0.3) is 0 Å². The Morgan fingerprint density at radius 3 is 2.68 bits per heavy atom. The van der Waals surface area contributed by atoms with Gasteiger partial charge in [-0.15, -0.1) is 0 Å². The minimum atomic E-state index is -0.268. The molecule has 2 unspecified atom stereocenters. The molecule has 25 heavy (non-hydrogen) atoms. The first kappa shape index (κ1) is 19.2. The number of nitrogens with one attached hydrogen (secondary N) is 1. The van der Waals surface area contributed by atoms with Crippen LogP contribution in [0.4, 0.5) is 0 Å². The van der Waals surface area contributed by atoms with Gasteiger partial charge in [0.15, 0.2) is 0 Å². The molecule has 0 saturated carbocycles. The molecule has 1 amide bonds. The molecule has 1 aliphatic heterocycles. The number of hydrogen-bond donors (Lipinski definition) is 1. The van der Waals surface area contributed by atoms with Crippen LogP contribution in [0.2, 0.25) is 0 Å². The lowest BCUT2D eigenvalue weighted by Gasteiger charge is -2.35. The molecule has 1 heterocycles. The first-order valence-electron chi connectivity index (χ1n) is 8.86. The highest BCUT2D eigenvalue weighted by Crippen LogP contribution is 2.20. The monoisotopic (exact) mass is 348 g/mol. The average Bonchev–Trinajstić information content (AvgIpc) is 2.66. The van der Waals surface area contributed by atoms with Crippen LogP contribution < -0.4 is 10.1 Å². The first-order chi connectivity index (χ1) is 12.0. The van der Waals surface area contributed by atoms with Gasteiger partial charge in [0.2, 0.25) is 5.91 Å². The quantitative estimate of drug-likeness (QED) is 0.763. The number of esters is 1. The maximum Gasteiger partial charge on any atom is 0.310 e. The van der Waals surface area contributed by atoms with Crippen molar-refractivity contribution in [2.45, 2.75) is 39.3 Å². The zero-order valence-electron chi connectivity index (χ0n) is 15.3. The number of benzene rings is 1. The number of carbonyl (C=O) groups excluding carboxylic acids is 2. The number of likely N-dealkylation sites (tertiary alicyclic amines) is 1. The largest absolute Gasteiger partial charge is 0.497 e. The zero-order valence-corrected chi connectivity index (χ0v) is 15.3. The third kappa shape index (κ3) is 5.46. The van der Waals surface area contributed by atoms with Gasteiger partial charge in [0.1, 0.15) is 5.75 Å². The topological polar surface area (TPSA) is 67.9 Å². The molecule has 0 radical (unpaired) electrons. The van der Waals surface area contributed by atoms with Gasteiger partial charge in [-0.05, 0) is 50.9 Å². The molecule has 2 rings (SSSR count). The molecule has 138 valence electrons. The van der Waals surface area contributed by atoms with Gasteiger partial charge < -0.3 is 14.8 Å². The van der Waals surface area contributed by atoms with E-state index < -0.39 is 0 Å². The van der Waals surface area contributed by atoms with E-state index in [2.05, 4.69) is 10.2 Å². The number of amides is 1. The molecule has 6 nitrogen and oxygen atoms in total. The molecule has 1 N–H and O–H groups in total. The lowest BCUT2D eigenvalue weighted by molar-refractivity contribution is -0.151. The van der Waals surface area contributed by atoms with Crippen molar-refractivity contribution in [3.63, 3.8) is 0 Å². The van der Waals surface area contributed by atoms with E-state index in [1.54, 1.807) is 7.11 Å². The molecular weight excluding hydrogens is 320 g/mol. The minimum absolute atomic E-state index is 0.0275. The Labute approximate surface area is 149 Å². The summed E-state index contributed by atoms with van der Waals surface area (Å²) in [6.07, 6.45) is 1.73. The van der Waals surface area contributed by atoms with Crippen molar-refractivity contribution in [2.24, 2.45) is 5.92 Å². The molecule has 0 aromatic heterocycles. The van der Waals surface area contributed by atoms with Crippen molar-refractivity contribution in [1.29, 1.82) is 0 Å². The van der Waals surface area contributed by atoms with E-state index in [9.17, 15) is 9.59 Å². The zero-order chi connectivity index (χ0) is 18.2. The van der Waals surface area contributed by atoms with Crippen molar-refractivity contribution >= 4 is 11.9 Å². The summed E-state index contributed by atoms with van der Waals surface area (Å²) in [6, 6.07) is 7.34. The van der Waals surface area contributed by atoms with E-state index in [0.29, 0.717) is 19.7 Å². The number of hydrogen-bond acceptors (Lipinski definition) is 5.